The lowest BCUT2D eigenvalue weighted by atomic mass is 9.91. The fraction of sp³-hybridized carbons (Fsp3) is 0.421. The number of alkyl halides is 3. The molecule has 0 unspecified atom stereocenters. The summed E-state index contributed by atoms with van der Waals surface area (Å²) in [6.45, 7) is 5.14. The lowest BCUT2D eigenvalue weighted by Gasteiger charge is -2.38. The van der Waals surface area contributed by atoms with E-state index in [0.29, 0.717) is 12.0 Å². The number of nitrogens with one attached hydrogen (secondary N) is 1. The molecule has 1 N–H and O–H groups in total. The molecule has 1 heterocycles. The van der Waals surface area contributed by atoms with Crippen LogP contribution >= 0.6 is 0 Å². The number of nitrogens with zero attached hydrogens (tertiary/aromatic N) is 1. The number of carbonyl (C=O) groups is 1. The molecule has 0 spiro atoms. The average molecular weight is 350 g/mol. The Kier molecular flexibility index (Phi) is 4.27. The lowest BCUT2D eigenvalue weighted by molar-refractivity contribution is -0.204. The number of hydrazine groups is 1. The van der Waals surface area contributed by atoms with Crippen molar-refractivity contribution in [1.82, 2.24) is 10.4 Å². The van der Waals surface area contributed by atoms with Gasteiger partial charge in [-0.1, -0.05) is 37.3 Å². The monoisotopic (exact) mass is 350 g/mol. The second kappa shape index (κ2) is 6.02. The van der Waals surface area contributed by atoms with Crippen molar-refractivity contribution in [2.45, 2.75) is 51.4 Å². The van der Waals surface area contributed by atoms with Gasteiger partial charge in [-0.05, 0) is 48.2 Å². The molecule has 0 aliphatic carbocycles. The molecule has 1 aliphatic heterocycles. The second-order valence-electron chi connectivity index (χ2n) is 7.09. The number of benzene rings is 2. The lowest BCUT2D eigenvalue weighted by Crippen LogP contribution is -2.51. The molecular weight excluding hydrogens is 329 g/mol. The van der Waals surface area contributed by atoms with Crippen molar-refractivity contribution in [2.75, 3.05) is 0 Å². The molecule has 1 amide bonds. The first-order chi connectivity index (χ1) is 11.6. The van der Waals surface area contributed by atoms with Crippen LogP contribution in [0.1, 0.15) is 44.4 Å². The molecule has 134 valence electrons. The molecule has 1 fully saturated rings. The van der Waals surface area contributed by atoms with Gasteiger partial charge in [-0.2, -0.15) is 18.2 Å². The van der Waals surface area contributed by atoms with Crippen LogP contribution in [0.4, 0.5) is 13.2 Å². The molecular formula is C19H21F3N2O. The largest absolute Gasteiger partial charge is 0.409 e. The van der Waals surface area contributed by atoms with Gasteiger partial charge in [0.25, 0.3) is 0 Å². The van der Waals surface area contributed by atoms with E-state index in [9.17, 15) is 18.0 Å². The van der Waals surface area contributed by atoms with E-state index in [0.717, 1.165) is 15.8 Å². The summed E-state index contributed by atoms with van der Waals surface area (Å²) in [7, 11) is 0. The van der Waals surface area contributed by atoms with E-state index in [1.165, 1.54) is 0 Å². The van der Waals surface area contributed by atoms with Gasteiger partial charge < -0.3 is 0 Å². The van der Waals surface area contributed by atoms with Crippen molar-refractivity contribution in [3.8, 4) is 0 Å². The number of amides is 1. The number of hydrogen-bond donors (Lipinski definition) is 1. The third kappa shape index (κ3) is 3.23. The standard InChI is InChI=1S/C19H21F3N2O/c1-4-12-9-13-7-5-6-8-14(13)10-15(12)17(19(20,21)22)24-18(2,3)11-16(25)23-24/h5-10,17H,4,11H2,1-3H3,(H,23,25)/t17-/m0/s1. The summed E-state index contributed by atoms with van der Waals surface area (Å²) in [5, 5.41) is 2.74. The zero-order valence-electron chi connectivity index (χ0n) is 14.4. The third-order valence-corrected chi connectivity index (χ3v) is 4.74. The number of aryl methyl sites for hydroxylation is 1. The maximum Gasteiger partial charge on any atom is 0.409 e. The first-order valence-electron chi connectivity index (χ1n) is 8.30. The van der Waals surface area contributed by atoms with E-state index < -0.39 is 23.7 Å². The van der Waals surface area contributed by atoms with Crippen LogP contribution in [-0.4, -0.2) is 22.6 Å². The Morgan fingerprint density at radius 1 is 1.20 bits per heavy atom. The van der Waals surface area contributed by atoms with E-state index in [-0.39, 0.29) is 12.0 Å². The van der Waals surface area contributed by atoms with Crippen LogP contribution in [0.3, 0.4) is 0 Å². The topological polar surface area (TPSA) is 32.3 Å². The van der Waals surface area contributed by atoms with Gasteiger partial charge in [0.15, 0.2) is 6.04 Å². The van der Waals surface area contributed by atoms with Crippen molar-refractivity contribution in [3.63, 3.8) is 0 Å². The Labute approximate surface area is 144 Å². The molecule has 2 aromatic carbocycles. The Morgan fingerprint density at radius 3 is 2.28 bits per heavy atom. The number of halogens is 3. The van der Waals surface area contributed by atoms with E-state index in [2.05, 4.69) is 5.43 Å². The van der Waals surface area contributed by atoms with Gasteiger partial charge >= 0.3 is 6.18 Å². The minimum atomic E-state index is -4.51. The Morgan fingerprint density at radius 2 is 1.80 bits per heavy atom. The van der Waals surface area contributed by atoms with Crippen molar-refractivity contribution >= 4 is 16.7 Å². The van der Waals surface area contributed by atoms with Crippen LogP contribution < -0.4 is 5.43 Å². The van der Waals surface area contributed by atoms with Gasteiger partial charge in [-0.15, -0.1) is 0 Å². The molecule has 0 bridgehead atoms. The van der Waals surface area contributed by atoms with Crippen LogP contribution in [0.15, 0.2) is 36.4 Å². The molecule has 1 saturated heterocycles. The normalized spacial score (nSPS) is 19.2. The predicted octanol–water partition coefficient (Wildman–Crippen LogP) is 4.52. The van der Waals surface area contributed by atoms with E-state index in [1.807, 2.05) is 31.2 Å². The van der Waals surface area contributed by atoms with Crippen LogP contribution in [0.5, 0.6) is 0 Å². The molecule has 2 aromatic rings. The Balaban J connectivity index is 2.20. The van der Waals surface area contributed by atoms with Gasteiger partial charge in [0.05, 0.1) is 0 Å². The van der Waals surface area contributed by atoms with Crippen molar-refractivity contribution in [3.05, 3.63) is 47.5 Å². The molecule has 1 aliphatic rings. The van der Waals surface area contributed by atoms with Gasteiger partial charge in [-0.3, -0.25) is 10.2 Å². The minimum Gasteiger partial charge on any atom is -0.287 e. The van der Waals surface area contributed by atoms with Crippen LogP contribution in [0, 0.1) is 0 Å². The summed E-state index contributed by atoms with van der Waals surface area (Å²) in [4.78, 5) is 11.8. The maximum absolute atomic E-state index is 14.1. The zero-order valence-corrected chi connectivity index (χ0v) is 14.4. The van der Waals surface area contributed by atoms with E-state index in [1.54, 1.807) is 26.0 Å². The van der Waals surface area contributed by atoms with Gasteiger partial charge in [0.2, 0.25) is 5.91 Å². The highest BCUT2D eigenvalue weighted by molar-refractivity contribution is 5.84. The average Bonchev–Trinajstić information content (AvgIpc) is 2.77. The molecule has 0 radical (unpaired) electrons. The smallest absolute Gasteiger partial charge is 0.287 e. The van der Waals surface area contributed by atoms with Crippen molar-refractivity contribution in [2.24, 2.45) is 0 Å². The quantitative estimate of drug-likeness (QED) is 0.883. The molecule has 0 saturated carbocycles. The summed E-state index contributed by atoms with van der Waals surface area (Å²) in [5.74, 6) is -0.391. The molecule has 3 nitrogen and oxygen atoms in total. The SMILES string of the molecule is CCc1cc2ccccc2cc1[C@H](N1NC(=O)CC1(C)C)C(F)(F)F. The van der Waals surface area contributed by atoms with Gasteiger partial charge in [-0.25, -0.2) is 0 Å². The molecule has 25 heavy (non-hydrogen) atoms. The van der Waals surface area contributed by atoms with E-state index >= 15 is 0 Å². The minimum absolute atomic E-state index is 0.0363. The summed E-state index contributed by atoms with van der Waals surface area (Å²) in [5.41, 5.74) is 2.34. The third-order valence-electron chi connectivity index (χ3n) is 4.74. The fourth-order valence-corrected chi connectivity index (χ4v) is 3.54. The molecule has 0 aromatic heterocycles. The molecule has 3 rings (SSSR count). The summed E-state index contributed by atoms with van der Waals surface area (Å²) in [6.07, 6.45) is -4.00. The number of hydrogen-bond acceptors (Lipinski definition) is 2. The predicted molar refractivity (Wildman–Crippen MR) is 90.8 cm³/mol. The van der Waals surface area contributed by atoms with Crippen LogP contribution in [-0.2, 0) is 11.2 Å². The van der Waals surface area contributed by atoms with Crippen LogP contribution in [0.2, 0.25) is 0 Å². The van der Waals surface area contributed by atoms with Gasteiger partial charge in [0.1, 0.15) is 0 Å². The molecule has 1 atom stereocenters. The summed E-state index contributed by atoms with van der Waals surface area (Å²) < 4.78 is 42.2. The van der Waals surface area contributed by atoms with Gasteiger partial charge in [0, 0.05) is 12.0 Å². The van der Waals surface area contributed by atoms with Crippen molar-refractivity contribution < 1.29 is 18.0 Å². The molecule has 6 heteroatoms. The van der Waals surface area contributed by atoms with Crippen molar-refractivity contribution in [1.29, 1.82) is 0 Å². The second-order valence-corrected chi connectivity index (χ2v) is 7.09. The maximum atomic E-state index is 14.1. The summed E-state index contributed by atoms with van der Waals surface area (Å²) in [6, 6.07) is 8.91. The zero-order chi connectivity index (χ0) is 18.4. The van der Waals surface area contributed by atoms with Crippen LogP contribution in [0.25, 0.3) is 10.8 Å². The Hall–Kier alpha value is -2.08. The number of rotatable bonds is 3. The number of carbonyl (C=O) groups excluding carboxylic acids is 1. The first kappa shape index (κ1) is 17.7. The highest BCUT2D eigenvalue weighted by atomic mass is 19.4. The number of fused-ring (bicyclic) bond motifs is 1. The highest BCUT2D eigenvalue weighted by Gasteiger charge is 2.53. The first-order valence-corrected chi connectivity index (χ1v) is 8.30. The highest BCUT2D eigenvalue weighted by Crippen LogP contribution is 2.44. The summed E-state index contributed by atoms with van der Waals surface area (Å²) >= 11 is 0. The Bertz CT molecular complexity index is 814. The fourth-order valence-electron chi connectivity index (χ4n) is 3.54. The van der Waals surface area contributed by atoms with E-state index in [4.69, 9.17) is 0 Å².